The molecule has 1 amide bonds. The molecule has 0 saturated carbocycles. The fraction of sp³-hybridized carbons (Fsp3) is 0.875. The lowest BCUT2D eigenvalue weighted by molar-refractivity contribution is -0.121. The van der Waals surface area contributed by atoms with Gasteiger partial charge in [0.25, 0.3) is 0 Å². The number of carbonyl (C=O) groups excluding carboxylic acids is 1. The van der Waals surface area contributed by atoms with Crippen LogP contribution in [0.2, 0.25) is 0 Å². The van der Waals surface area contributed by atoms with Crippen molar-refractivity contribution in [2.45, 2.75) is 38.8 Å². The zero-order valence-electron chi connectivity index (χ0n) is 7.71. The van der Waals surface area contributed by atoms with Gasteiger partial charge in [0.05, 0.1) is 6.10 Å². The monoisotopic (exact) mass is 174 g/mol. The number of hydrogen-bond donors (Lipinski definition) is 3. The first kappa shape index (κ1) is 11.4. The van der Waals surface area contributed by atoms with Crippen LogP contribution in [0.5, 0.6) is 0 Å². The van der Waals surface area contributed by atoms with Crippen molar-refractivity contribution in [2.24, 2.45) is 5.73 Å². The first-order chi connectivity index (χ1) is 5.52. The van der Waals surface area contributed by atoms with Gasteiger partial charge in [-0.25, -0.2) is 0 Å². The summed E-state index contributed by atoms with van der Waals surface area (Å²) in [5.41, 5.74) is 5.47. The summed E-state index contributed by atoms with van der Waals surface area (Å²) in [5, 5.41) is 11.4. The lowest BCUT2D eigenvalue weighted by atomic mass is 10.2. The third-order valence-electron chi connectivity index (χ3n) is 1.42. The molecule has 4 heteroatoms. The molecule has 0 aliphatic carbocycles. The molecule has 4 nitrogen and oxygen atoms in total. The summed E-state index contributed by atoms with van der Waals surface area (Å²) >= 11 is 0. The third-order valence-corrected chi connectivity index (χ3v) is 1.42. The minimum atomic E-state index is -0.482. The fourth-order valence-corrected chi connectivity index (χ4v) is 0.709. The van der Waals surface area contributed by atoms with Gasteiger partial charge in [0.1, 0.15) is 0 Å². The van der Waals surface area contributed by atoms with Crippen LogP contribution in [-0.2, 0) is 4.79 Å². The van der Waals surface area contributed by atoms with Gasteiger partial charge in [-0.2, -0.15) is 0 Å². The molecule has 0 aromatic rings. The Bertz CT molecular complexity index is 121. The molecule has 0 fully saturated rings. The Hall–Kier alpha value is -0.610. The zero-order chi connectivity index (χ0) is 9.56. The lowest BCUT2D eigenvalue weighted by Gasteiger charge is -2.07. The van der Waals surface area contributed by atoms with E-state index in [0.717, 1.165) is 0 Å². The summed E-state index contributed by atoms with van der Waals surface area (Å²) in [5.74, 6) is -0.0480. The molecule has 0 aliphatic heterocycles. The Labute approximate surface area is 73.1 Å². The second-order valence-electron chi connectivity index (χ2n) is 3.17. The van der Waals surface area contributed by atoms with E-state index in [-0.39, 0.29) is 11.9 Å². The maximum Gasteiger partial charge on any atom is 0.220 e. The second kappa shape index (κ2) is 5.97. The van der Waals surface area contributed by atoms with Crippen molar-refractivity contribution in [3.05, 3.63) is 0 Å². The van der Waals surface area contributed by atoms with Gasteiger partial charge >= 0.3 is 0 Å². The molecule has 0 spiro atoms. The van der Waals surface area contributed by atoms with E-state index in [1.807, 2.05) is 6.92 Å². The summed E-state index contributed by atoms with van der Waals surface area (Å²) in [6, 6.07) is 0.0577. The van der Waals surface area contributed by atoms with Crippen molar-refractivity contribution >= 4 is 5.91 Å². The van der Waals surface area contributed by atoms with E-state index < -0.39 is 6.10 Å². The van der Waals surface area contributed by atoms with Crippen molar-refractivity contribution in [2.75, 3.05) is 6.54 Å². The molecule has 0 bridgehead atoms. The van der Waals surface area contributed by atoms with Crippen LogP contribution in [-0.4, -0.2) is 29.7 Å². The Kier molecular flexibility index (Phi) is 5.66. The number of rotatable bonds is 5. The van der Waals surface area contributed by atoms with Gasteiger partial charge in [0.2, 0.25) is 5.91 Å². The molecule has 0 heterocycles. The summed E-state index contributed by atoms with van der Waals surface area (Å²) in [6.07, 6.45) is 0.639. The normalized spacial score (nSPS) is 15.3. The van der Waals surface area contributed by atoms with E-state index in [2.05, 4.69) is 5.32 Å². The lowest BCUT2D eigenvalue weighted by Crippen LogP contribution is -2.31. The highest BCUT2D eigenvalue weighted by Crippen LogP contribution is 1.92. The first-order valence-corrected chi connectivity index (χ1v) is 4.22. The topological polar surface area (TPSA) is 75.4 Å². The molecule has 12 heavy (non-hydrogen) atoms. The van der Waals surface area contributed by atoms with Crippen LogP contribution < -0.4 is 11.1 Å². The van der Waals surface area contributed by atoms with Gasteiger partial charge in [-0.1, -0.05) is 0 Å². The number of aliphatic hydroxyl groups is 1. The molecule has 72 valence electrons. The second-order valence-corrected chi connectivity index (χ2v) is 3.17. The van der Waals surface area contributed by atoms with Gasteiger partial charge in [-0.3, -0.25) is 4.79 Å². The number of aliphatic hydroxyl groups excluding tert-OH is 1. The predicted octanol–water partition coefficient (Wildman–Crippen LogP) is -0.389. The van der Waals surface area contributed by atoms with Gasteiger partial charge in [0.15, 0.2) is 0 Å². The molecule has 0 rings (SSSR count). The standard InChI is InChI=1S/C8H18N2O2/c1-6(9)3-4-8(12)10-5-7(2)11/h6-7,11H,3-5,9H2,1-2H3,(H,10,12)/t6?,7-/m1/s1. The van der Waals surface area contributed by atoms with Gasteiger partial charge in [0, 0.05) is 19.0 Å². The highest BCUT2D eigenvalue weighted by atomic mass is 16.3. The van der Waals surface area contributed by atoms with E-state index in [1.54, 1.807) is 6.92 Å². The number of amides is 1. The predicted molar refractivity (Wildman–Crippen MR) is 47.6 cm³/mol. The number of nitrogens with one attached hydrogen (secondary N) is 1. The van der Waals surface area contributed by atoms with Crippen molar-refractivity contribution in [1.29, 1.82) is 0 Å². The van der Waals surface area contributed by atoms with E-state index >= 15 is 0 Å². The van der Waals surface area contributed by atoms with Crippen molar-refractivity contribution in [3.63, 3.8) is 0 Å². The quantitative estimate of drug-likeness (QED) is 0.531. The minimum absolute atomic E-state index is 0.0480. The van der Waals surface area contributed by atoms with E-state index in [1.165, 1.54) is 0 Å². The molecular formula is C8H18N2O2. The highest BCUT2D eigenvalue weighted by molar-refractivity contribution is 5.75. The SMILES string of the molecule is CC(N)CCC(=O)NC[C@@H](C)O. The molecule has 2 atom stereocenters. The zero-order valence-corrected chi connectivity index (χ0v) is 7.71. The minimum Gasteiger partial charge on any atom is -0.392 e. The Morgan fingerprint density at radius 3 is 2.58 bits per heavy atom. The third kappa shape index (κ3) is 7.50. The van der Waals surface area contributed by atoms with Crippen molar-refractivity contribution in [1.82, 2.24) is 5.32 Å². The number of carbonyl (C=O) groups is 1. The van der Waals surface area contributed by atoms with Crippen LogP contribution in [0.4, 0.5) is 0 Å². The number of hydrogen-bond acceptors (Lipinski definition) is 3. The average molecular weight is 174 g/mol. The highest BCUT2D eigenvalue weighted by Gasteiger charge is 2.03. The van der Waals surface area contributed by atoms with E-state index in [0.29, 0.717) is 19.4 Å². The van der Waals surface area contributed by atoms with E-state index in [9.17, 15) is 4.79 Å². The molecule has 0 radical (unpaired) electrons. The summed E-state index contributed by atoms with van der Waals surface area (Å²) in [7, 11) is 0. The maximum atomic E-state index is 11.0. The maximum absolute atomic E-state index is 11.0. The van der Waals surface area contributed by atoms with Crippen LogP contribution in [0.1, 0.15) is 26.7 Å². The first-order valence-electron chi connectivity index (χ1n) is 4.22. The van der Waals surface area contributed by atoms with Gasteiger partial charge in [-0.15, -0.1) is 0 Å². The Morgan fingerprint density at radius 1 is 1.58 bits per heavy atom. The van der Waals surface area contributed by atoms with Gasteiger partial charge < -0.3 is 16.2 Å². The van der Waals surface area contributed by atoms with Crippen molar-refractivity contribution in [3.8, 4) is 0 Å². The number of nitrogens with two attached hydrogens (primary N) is 1. The van der Waals surface area contributed by atoms with Crippen molar-refractivity contribution < 1.29 is 9.90 Å². The molecule has 0 saturated heterocycles. The summed E-state index contributed by atoms with van der Waals surface area (Å²) in [4.78, 5) is 11.0. The van der Waals surface area contributed by atoms with Crippen LogP contribution >= 0.6 is 0 Å². The summed E-state index contributed by atoms with van der Waals surface area (Å²) < 4.78 is 0. The van der Waals surface area contributed by atoms with E-state index in [4.69, 9.17) is 10.8 Å². The molecular weight excluding hydrogens is 156 g/mol. The van der Waals surface area contributed by atoms with Crippen LogP contribution in [0.3, 0.4) is 0 Å². The largest absolute Gasteiger partial charge is 0.392 e. The molecule has 0 aromatic heterocycles. The molecule has 1 unspecified atom stereocenters. The van der Waals surface area contributed by atoms with Crippen LogP contribution in [0, 0.1) is 0 Å². The molecule has 0 aliphatic rings. The molecule has 0 aromatic carbocycles. The average Bonchev–Trinajstić information content (AvgIpc) is 1.96. The smallest absolute Gasteiger partial charge is 0.220 e. The molecule has 4 N–H and O–H groups in total. The Balaban J connectivity index is 3.34. The fourth-order valence-electron chi connectivity index (χ4n) is 0.709. The Morgan fingerprint density at radius 2 is 2.17 bits per heavy atom. The summed E-state index contributed by atoms with van der Waals surface area (Å²) in [6.45, 7) is 3.81. The van der Waals surface area contributed by atoms with Crippen LogP contribution in [0.25, 0.3) is 0 Å². The van der Waals surface area contributed by atoms with Gasteiger partial charge in [-0.05, 0) is 20.3 Å². The van der Waals surface area contributed by atoms with Crippen LogP contribution in [0.15, 0.2) is 0 Å².